The second kappa shape index (κ2) is 6.40. The first-order valence-corrected chi connectivity index (χ1v) is 5.99. The van der Waals surface area contributed by atoms with Gasteiger partial charge in [-0.2, -0.15) is 13.2 Å². The number of hydrogen-bond donors (Lipinski definition) is 2. The van der Waals surface area contributed by atoms with Crippen LogP contribution in [0.4, 0.5) is 24.7 Å². The van der Waals surface area contributed by atoms with Crippen molar-refractivity contribution in [2.75, 3.05) is 11.1 Å². The zero-order chi connectivity index (χ0) is 15.3. The molecular formula is C13H16F3N3O. The highest BCUT2D eigenvalue weighted by Gasteiger charge is 2.36. The van der Waals surface area contributed by atoms with Crippen molar-refractivity contribution in [3.8, 4) is 0 Å². The molecule has 0 aromatic carbocycles. The molecule has 1 aromatic heterocycles. The molecule has 20 heavy (non-hydrogen) atoms. The Balaban J connectivity index is 2.99. The van der Waals surface area contributed by atoms with Crippen LogP contribution >= 0.6 is 0 Å². The average molecular weight is 287 g/mol. The summed E-state index contributed by atoms with van der Waals surface area (Å²) in [4.78, 5) is 14.9. The van der Waals surface area contributed by atoms with Crippen molar-refractivity contribution < 1.29 is 18.0 Å². The monoisotopic (exact) mass is 287 g/mol. The maximum Gasteiger partial charge on any atom is 0.454 e. The molecule has 0 radical (unpaired) electrons. The topological polar surface area (TPSA) is 68.0 Å². The molecule has 1 rings (SSSR count). The SMILES string of the molecule is CC(C)C/C(=C\C(=O)C(F)(F)F)Nc1cccnc1N. The molecule has 0 fully saturated rings. The Bertz CT molecular complexity index is 510. The lowest BCUT2D eigenvalue weighted by Crippen LogP contribution is -2.22. The Hall–Kier alpha value is -2.05. The molecule has 0 amide bonds. The molecular weight excluding hydrogens is 271 g/mol. The predicted molar refractivity (Wildman–Crippen MR) is 70.9 cm³/mol. The van der Waals surface area contributed by atoms with Crippen LogP contribution in [-0.2, 0) is 4.79 Å². The lowest BCUT2D eigenvalue weighted by Gasteiger charge is -2.14. The third-order valence-electron chi connectivity index (χ3n) is 2.35. The normalized spacial score (nSPS) is 12.6. The van der Waals surface area contributed by atoms with Gasteiger partial charge in [-0.3, -0.25) is 4.79 Å². The molecule has 0 atom stereocenters. The van der Waals surface area contributed by atoms with Crippen molar-refractivity contribution >= 4 is 17.3 Å². The third-order valence-corrected chi connectivity index (χ3v) is 2.35. The van der Waals surface area contributed by atoms with Gasteiger partial charge in [0.25, 0.3) is 5.78 Å². The number of nitrogens with two attached hydrogens (primary N) is 1. The van der Waals surface area contributed by atoms with Gasteiger partial charge in [-0.05, 0) is 24.5 Å². The maximum atomic E-state index is 12.3. The summed E-state index contributed by atoms with van der Waals surface area (Å²) in [5.74, 6) is -1.67. The number of ketones is 1. The fraction of sp³-hybridized carbons (Fsp3) is 0.385. The first-order valence-electron chi connectivity index (χ1n) is 5.99. The maximum absolute atomic E-state index is 12.3. The van der Waals surface area contributed by atoms with Gasteiger partial charge in [0, 0.05) is 18.0 Å². The highest BCUT2D eigenvalue weighted by atomic mass is 19.4. The molecule has 1 aromatic rings. The summed E-state index contributed by atoms with van der Waals surface area (Å²) in [5.41, 5.74) is 6.13. The molecule has 1 heterocycles. The van der Waals surface area contributed by atoms with E-state index in [4.69, 9.17) is 5.73 Å². The number of nitrogens with one attached hydrogen (secondary N) is 1. The standard InChI is InChI=1S/C13H16F3N3O/c1-8(2)6-9(7-11(20)13(14,15)16)19-10-4-3-5-18-12(10)17/h3-5,7-8,19H,6H2,1-2H3,(H2,17,18)/b9-7+. The average Bonchev–Trinajstić information content (AvgIpc) is 2.30. The van der Waals surface area contributed by atoms with Crippen molar-refractivity contribution in [1.29, 1.82) is 0 Å². The van der Waals surface area contributed by atoms with E-state index in [1.807, 2.05) is 13.8 Å². The Morgan fingerprint density at radius 2 is 2.15 bits per heavy atom. The Morgan fingerprint density at radius 1 is 1.50 bits per heavy atom. The summed E-state index contributed by atoms with van der Waals surface area (Å²) >= 11 is 0. The molecule has 0 saturated heterocycles. The van der Waals surface area contributed by atoms with Gasteiger partial charge in [0.05, 0.1) is 5.69 Å². The fourth-order valence-electron chi connectivity index (χ4n) is 1.52. The van der Waals surface area contributed by atoms with E-state index in [0.29, 0.717) is 11.8 Å². The van der Waals surface area contributed by atoms with E-state index >= 15 is 0 Å². The van der Waals surface area contributed by atoms with E-state index in [-0.39, 0.29) is 23.9 Å². The lowest BCUT2D eigenvalue weighted by atomic mass is 10.1. The van der Waals surface area contributed by atoms with E-state index in [2.05, 4.69) is 10.3 Å². The molecule has 7 heteroatoms. The molecule has 3 N–H and O–H groups in total. The number of nitrogens with zero attached hydrogens (tertiary/aromatic N) is 1. The van der Waals surface area contributed by atoms with Crippen molar-refractivity contribution in [3.05, 3.63) is 30.1 Å². The van der Waals surface area contributed by atoms with Gasteiger partial charge in [-0.15, -0.1) is 0 Å². The molecule has 0 unspecified atom stereocenters. The van der Waals surface area contributed by atoms with Gasteiger partial charge in [-0.1, -0.05) is 13.8 Å². The molecule has 4 nitrogen and oxygen atoms in total. The second-order valence-electron chi connectivity index (χ2n) is 4.69. The lowest BCUT2D eigenvalue weighted by molar-refractivity contribution is -0.165. The highest BCUT2D eigenvalue weighted by molar-refractivity contribution is 5.95. The summed E-state index contributed by atoms with van der Waals surface area (Å²) in [6, 6.07) is 3.17. The van der Waals surface area contributed by atoms with Crippen molar-refractivity contribution in [1.82, 2.24) is 4.98 Å². The van der Waals surface area contributed by atoms with Crippen LogP contribution in [0.25, 0.3) is 0 Å². The largest absolute Gasteiger partial charge is 0.454 e. The first-order chi connectivity index (χ1) is 9.20. The van der Waals surface area contributed by atoms with Crippen LogP contribution in [0.15, 0.2) is 30.1 Å². The summed E-state index contributed by atoms with van der Waals surface area (Å²) < 4.78 is 36.9. The van der Waals surface area contributed by atoms with Crippen molar-refractivity contribution in [2.45, 2.75) is 26.4 Å². The molecule has 0 aliphatic carbocycles. The van der Waals surface area contributed by atoms with Gasteiger partial charge < -0.3 is 11.1 Å². The molecule has 0 aliphatic heterocycles. The van der Waals surface area contributed by atoms with Crippen LogP contribution in [0, 0.1) is 5.92 Å². The summed E-state index contributed by atoms with van der Waals surface area (Å²) in [7, 11) is 0. The van der Waals surface area contributed by atoms with Crippen LogP contribution in [0.1, 0.15) is 20.3 Å². The van der Waals surface area contributed by atoms with Gasteiger partial charge in [0.1, 0.15) is 5.82 Å². The number of rotatable bonds is 5. The molecule has 0 saturated carbocycles. The smallest absolute Gasteiger partial charge is 0.382 e. The number of alkyl halides is 3. The van der Waals surface area contributed by atoms with Crippen LogP contribution < -0.4 is 11.1 Å². The quantitative estimate of drug-likeness (QED) is 0.816. The number of carbonyl (C=O) groups excluding carboxylic acids is 1. The Morgan fingerprint density at radius 3 is 2.65 bits per heavy atom. The van der Waals surface area contributed by atoms with Crippen molar-refractivity contribution in [3.63, 3.8) is 0 Å². The van der Waals surface area contributed by atoms with E-state index in [1.54, 1.807) is 12.1 Å². The number of carbonyl (C=O) groups is 1. The van der Waals surface area contributed by atoms with Crippen LogP contribution in [-0.4, -0.2) is 16.9 Å². The van der Waals surface area contributed by atoms with E-state index < -0.39 is 12.0 Å². The van der Waals surface area contributed by atoms with E-state index in [1.165, 1.54) is 6.20 Å². The number of halogens is 3. The zero-order valence-corrected chi connectivity index (χ0v) is 11.2. The Kier molecular flexibility index (Phi) is 5.12. The van der Waals surface area contributed by atoms with Crippen molar-refractivity contribution in [2.24, 2.45) is 5.92 Å². The summed E-state index contributed by atoms with van der Waals surface area (Å²) in [6.07, 6.45) is -2.57. The number of aromatic nitrogens is 1. The predicted octanol–water partition coefficient (Wildman–Crippen LogP) is 3.14. The minimum atomic E-state index is -4.88. The highest BCUT2D eigenvalue weighted by Crippen LogP contribution is 2.22. The van der Waals surface area contributed by atoms with Gasteiger partial charge in [0.15, 0.2) is 0 Å². The number of nitrogen functional groups attached to an aromatic ring is 1. The number of pyridine rings is 1. The minimum absolute atomic E-state index is 0.0766. The summed E-state index contributed by atoms with van der Waals surface area (Å²) in [5, 5.41) is 2.73. The van der Waals surface area contributed by atoms with Gasteiger partial charge >= 0.3 is 6.18 Å². The van der Waals surface area contributed by atoms with Crippen LogP contribution in [0.5, 0.6) is 0 Å². The Labute approximate surface area is 114 Å². The fourth-order valence-corrected chi connectivity index (χ4v) is 1.52. The van der Waals surface area contributed by atoms with Gasteiger partial charge in [-0.25, -0.2) is 4.98 Å². The number of anilines is 2. The second-order valence-corrected chi connectivity index (χ2v) is 4.69. The first kappa shape index (κ1) is 16.0. The summed E-state index contributed by atoms with van der Waals surface area (Å²) in [6.45, 7) is 3.67. The minimum Gasteiger partial charge on any atom is -0.382 e. The number of allylic oxidation sites excluding steroid dienone is 2. The van der Waals surface area contributed by atoms with Crippen LogP contribution in [0.3, 0.4) is 0 Å². The molecule has 0 aliphatic rings. The van der Waals surface area contributed by atoms with Crippen LogP contribution in [0.2, 0.25) is 0 Å². The molecule has 0 bridgehead atoms. The third kappa shape index (κ3) is 4.91. The number of hydrogen-bond acceptors (Lipinski definition) is 4. The van der Waals surface area contributed by atoms with E-state index in [9.17, 15) is 18.0 Å². The molecule has 0 spiro atoms. The zero-order valence-electron chi connectivity index (χ0n) is 11.2. The van der Waals surface area contributed by atoms with E-state index in [0.717, 1.165) is 0 Å². The van der Waals surface area contributed by atoms with Gasteiger partial charge in [0.2, 0.25) is 0 Å². The molecule has 110 valence electrons.